The van der Waals surface area contributed by atoms with Gasteiger partial charge in [-0.05, 0) is 29.2 Å². The molecule has 1 heterocycles. The van der Waals surface area contributed by atoms with Gasteiger partial charge >= 0.3 is 0 Å². The summed E-state index contributed by atoms with van der Waals surface area (Å²) in [4.78, 5) is 14.5. The van der Waals surface area contributed by atoms with Crippen LogP contribution in [0.3, 0.4) is 0 Å². The van der Waals surface area contributed by atoms with Crippen molar-refractivity contribution in [1.82, 2.24) is 4.90 Å². The van der Waals surface area contributed by atoms with Gasteiger partial charge in [-0.25, -0.2) is 0 Å². The van der Waals surface area contributed by atoms with E-state index in [4.69, 9.17) is 0 Å². The highest BCUT2D eigenvalue weighted by Crippen LogP contribution is 2.28. The summed E-state index contributed by atoms with van der Waals surface area (Å²) in [6, 6.07) is 15.1. The summed E-state index contributed by atoms with van der Waals surface area (Å²) < 4.78 is 0. The molecule has 0 aromatic heterocycles. The molecule has 0 saturated carbocycles. The van der Waals surface area contributed by atoms with Gasteiger partial charge < -0.3 is 5.11 Å². The highest BCUT2D eigenvalue weighted by atomic mass is 16.3. The molecule has 0 spiro atoms. The molecule has 3 heteroatoms. The van der Waals surface area contributed by atoms with Gasteiger partial charge in [0.15, 0.2) is 5.78 Å². The zero-order valence-electron chi connectivity index (χ0n) is 12.1. The lowest BCUT2D eigenvalue weighted by molar-refractivity contribution is 0.0912. The molecular formula is C18H19NO2. The standard InChI is InChI=1S/C18H19NO2/c1-13-10-19(11-14-6-2-3-7-15(13)14)12-18(21)16-8-4-5-9-17(16)20/h2-9,13,20H,10-12H2,1H3. The molecule has 0 amide bonds. The summed E-state index contributed by atoms with van der Waals surface area (Å²) in [5.74, 6) is 0.458. The molecular weight excluding hydrogens is 262 g/mol. The summed E-state index contributed by atoms with van der Waals surface area (Å²) in [7, 11) is 0. The monoisotopic (exact) mass is 281 g/mol. The van der Waals surface area contributed by atoms with Crippen LogP contribution in [0.1, 0.15) is 34.3 Å². The Morgan fingerprint density at radius 2 is 1.90 bits per heavy atom. The van der Waals surface area contributed by atoms with E-state index in [0.29, 0.717) is 18.0 Å². The van der Waals surface area contributed by atoms with Crippen molar-refractivity contribution in [1.29, 1.82) is 0 Å². The van der Waals surface area contributed by atoms with Crippen LogP contribution in [0.15, 0.2) is 48.5 Å². The van der Waals surface area contributed by atoms with E-state index in [0.717, 1.165) is 13.1 Å². The largest absolute Gasteiger partial charge is 0.507 e. The van der Waals surface area contributed by atoms with Crippen LogP contribution >= 0.6 is 0 Å². The van der Waals surface area contributed by atoms with Gasteiger partial charge in [-0.3, -0.25) is 9.69 Å². The van der Waals surface area contributed by atoms with E-state index in [1.807, 2.05) is 6.07 Å². The predicted octanol–water partition coefficient (Wildman–Crippen LogP) is 3.19. The number of carbonyl (C=O) groups is 1. The molecule has 1 atom stereocenters. The van der Waals surface area contributed by atoms with Gasteiger partial charge in [-0.15, -0.1) is 0 Å². The fraction of sp³-hybridized carbons (Fsp3) is 0.278. The van der Waals surface area contributed by atoms with Crippen molar-refractivity contribution in [2.24, 2.45) is 0 Å². The maximum Gasteiger partial charge on any atom is 0.180 e. The number of para-hydroxylation sites is 1. The van der Waals surface area contributed by atoms with E-state index in [1.165, 1.54) is 11.1 Å². The first kappa shape index (κ1) is 13.8. The number of ketones is 1. The fourth-order valence-electron chi connectivity index (χ4n) is 3.07. The maximum atomic E-state index is 12.4. The number of Topliss-reactive ketones (excluding diaryl/α,β-unsaturated/α-hetero) is 1. The van der Waals surface area contributed by atoms with Gasteiger partial charge in [0.25, 0.3) is 0 Å². The topological polar surface area (TPSA) is 40.5 Å². The molecule has 3 nitrogen and oxygen atoms in total. The predicted molar refractivity (Wildman–Crippen MR) is 82.6 cm³/mol. The molecule has 108 valence electrons. The number of phenolic OH excluding ortho intramolecular Hbond substituents is 1. The second-order valence-electron chi connectivity index (χ2n) is 5.71. The highest BCUT2D eigenvalue weighted by Gasteiger charge is 2.24. The van der Waals surface area contributed by atoms with Gasteiger partial charge in [-0.2, -0.15) is 0 Å². The van der Waals surface area contributed by atoms with E-state index >= 15 is 0 Å². The Morgan fingerprint density at radius 1 is 1.19 bits per heavy atom. The first-order valence-electron chi connectivity index (χ1n) is 7.26. The molecule has 1 unspecified atom stereocenters. The summed E-state index contributed by atoms with van der Waals surface area (Å²) >= 11 is 0. The fourth-order valence-corrected chi connectivity index (χ4v) is 3.07. The molecule has 1 N–H and O–H groups in total. The van der Waals surface area contributed by atoms with Gasteiger partial charge in [0.2, 0.25) is 0 Å². The first-order chi connectivity index (χ1) is 10.1. The molecule has 2 aromatic carbocycles. The van der Waals surface area contributed by atoms with E-state index in [-0.39, 0.29) is 11.5 Å². The van der Waals surface area contributed by atoms with Crippen LogP contribution < -0.4 is 0 Å². The van der Waals surface area contributed by atoms with E-state index < -0.39 is 0 Å². The molecule has 0 aliphatic carbocycles. The second-order valence-corrected chi connectivity index (χ2v) is 5.71. The van der Waals surface area contributed by atoms with Crippen LogP contribution in [0.2, 0.25) is 0 Å². The number of nitrogens with zero attached hydrogens (tertiary/aromatic N) is 1. The Hall–Kier alpha value is -2.13. The van der Waals surface area contributed by atoms with Crippen molar-refractivity contribution in [3.05, 3.63) is 65.2 Å². The van der Waals surface area contributed by atoms with Crippen molar-refractivity contribution in [2.75, 3.05) is 13.1 Å². The zero-order valence-corrected chi connectivity index (χ0v) is 12.1. The van der Waals surface area contributed by atoms with Crippen molar-refractivity contribution >= 4 is 5.78 Å². The number of hydrogen-bond acceptors (Lipinski definition) is 3. The third kappa shape index (κ3) is 2.83. The van der Waals surface area contributed by atoms with Crippen LogP contribution in [0.25, 0.3) is 0 Å². The smallest absolute Gasteiger partial charge is 0.180 e. The van der Waals surface area contributed by atoms with Crippen LogP contribution in [-0.2, 0) is 6.54 Å². The number of fused-ring (bicyclic) bond motifs is 1. The third-order valence-electron chi connectivity index (χ3n) is 4.08. The number of carbonyl (C=O) groups excluding carboxylic acids is 1. The van der Waals surface area contributed by atoms with Gasteiger partial charge in [0.05, 0.1) is 12.1 Å². The summed E-state index contributed by atoms with van der Waals surface area (Å²) in [5, 5.41) is 9.78. The number of phenols is 1. The van der Waals surface area contributed by atoms with Gasteiger partial charge in [0.1, 0.15) is 5.75 Å². The molecule has 2 aromatic rings. The number of rotatable bonds is 3. The number of aromatic hydroxyl groups is 1. The van der Waals surface area contributed by atoms with Crippen LogP contribution in [-0.4, -0.2) is 28.9 Å². The Balaban J connectivity index is 1.75. The summed E-state index contributed by atoms with van der Waals surface area (Å²) in [5.41, 5.74) is 3.08. The Bertz CT molecular complexity index is 666. The average molecular weight is 281 g/mol. The van der Waals surface area contributed by atoms with E-state index in [1.54, 1.807) is 24.3 Å². The first-order valence-corrected chi connectivity index (χ1v) is 7.26. The Kier molecular flexibility index (Phi) is 3.76. The van der Waals surface area contributed by atoms with E-state index in [2.05, 4.69) is 30.0 Å². The van der Waals surface area contributed by atoms with E-state index in [9.17, 15) is 9.90 Å². The number of hydrogen-bond donors (Lipinski definition) is 1. The lowest BCUT2D eigenvalue weighted by Gasteiger charge is -2.32. The highest BCUT2D eigenvalue weighted by molar-refractivity contribution is 5.99. The third-order valence-corrected chi connectivity index (χ3v) is 4.08. The van der Waals surface area contributed by atoms with Crippen LogP contribution in [0.5, 0.6) is 5.75 Å². The SMILES string of the molecule is CC1CN(CC(=O)c2ccccc2O)Cc2ccccc21. The summed E-state index contributed by atoms with van der Waals surface area (Å²) in [6.45, 7) is 4.20. The quantitative estimate of drug-likeness (QED) is 0.878. The van der Waals surface area contributed by atoms with Crippen molar-refractivity contribution in [3.63, 3.8) is 0 Å². The van der Waals surface area contributed by atoms with Crippen molar-refractivity contribution < 1.29 is 9.90 Å². The van der Waals surface area contributed by atoms with Crippen LogP contribution in [0, 0.1) is 0 Å². The summed E-state index contributed by atoms with van der Waals surface area (Å²) in [6.07, 6.45) is 0. The maximum absolute atomic E-state index is 12.4. The molecule has 0 saturated heterocycles. The molecule has 0 fully saturated rings. The zero-order chi connectivity index (χ0) is 14.8. The Labute approximate surface area is 124 Å². The average Bonchev–Trinajstić information content (AvgIpc) is 2.47. The second kappa shape index (κ2) is 5.70. The van der Waals surface area contributed by atoms with Crippen molar-refractivity contribution in [2.45, 2.75) is 19.4 Å². The Morgan fingerprint density at radius 3 is 2.71 bits per heavy atom. The normalized spacial score (nSPS) is 18.2. The molecule has 0 radical (unpaired) electrons. The lowest BCUT2D eigenvalue weighted by atomic mass is 9.91. The minimum atomic E-state index is -0.0281. The molecule has 1 aliphatic heterocycles. The molecule has 0 bridgehead atoms. The van der Waals surface area contributed by atoms with Gasteiger partial charge in [-0.1, -0.05) is 43.3 Å². The van der Waals surface area contributed by atoms with Crippen LogP contribution in [0.4, 0.5) is 0 Å². The lowest BCUT2D eigenvalue weighted by Crippen LogP contribution is -2.36. The minimum Gasteiger partial charge on any atom is -0.507 e. The minimum absolute atomic E-state index is 0.0281. The van der Waals surface area contributed by atoms with Gasteiger partial charge in [0, 0.05) is 13.1 Å². The molecule has 21 heavy (non-hydrogen) atoms. The molecule has 3 rings (SSSR count). The molecule has 1 aliphatic rings. The number of benzene rings is 2. The van der Waals surface area contributed by atoms with Crippen molar-refractivity contribution in [3.8, 4) is 5.75 Å².